The number of urea groups is 1. The zero-order valence-corrected chi connectivity index (χ0v) is 15.4. The SMILES string of the molecule is Cc1ccc(N2C(=O)C3CSC(c4ccc(Br)cc4)N3C2=O)cc1. The van der Waals surface area contributed by atoms with Gasteiger partial charge in [0.2, 0.25) is 0 Å². The van der Waals surface area contributed by atoms with Crippen LogP contribution in [0.3, 0.4) is 0 Å². The first-order chi connectivity index (χ1) is 11.6. The Kier molecular flexibility index (Phi) is 3.89. The Morgan fingerprint density at radius 1 is 1.04 bits per heavy atom. The van der Waals surface area contributed by atoms with Gasteiger partial charge in [-0.3, -0.25) is 9.69 Å². The molecular formula is C18H15BrN2O2S. The largest absolute Gasteiger partial charge is 0.333 e. The van der Waals surface area contributed by atoms with Crippen molar-refractivity contribution < 1.29 is 9.59 Å². The average molecular weight is 403 g/mol. The fourth-order valence-corrected chi connectivity index (χ4v) is 4.78. The molecule has 2 aromatic rings. The van der Waals surface area contributed by atoms with Gasteiger partial charge in [0.05, 0.1) is 5.69 Å². The van der Waals surface area contributed by atoms with E-state index in [0.29, 0.717) is 11.4 Å². The fraction of sp³-hybridized carbons (Fsp3) is 0.222. The Balaban J connectivity index is 1.67. The van der Waals surface area contributed by atoms with Crippen molar-refractivity contribution in [2.24, 2.45) is 0 Å². The Morgan fingerprint density at radius 2 is 1.71 bits per heavy atom. The Bertz CT molecular complexity index is 807. The molecule has 0 aliphatic carbocycles. The number of amides is 3. The minimum absolute atomic E-state index is 0.116. The molecule has 122 valence electrons. The fourth-order valence-electron chi connectivity index (χ4n) is 3.10. The van der Waals surface area contributed by atoms with Crippen LogP contribution in [0.4, 0.5) is 10.5 Å². The number of nitrogens with zero attached hydrogens (tertiary/aromatic N) is 2. The van der Waals surface area contributed by atoms with E-state index in [2.05, 4.69) is 15.9 Å². The predicted molar refractivity (Wildman–Crippen MR) is 99.0 cm³/mol. The number of imide groups is 1. The lowest BCUT2D eigenvalue weighted by atomic mass is 10.2. The van der Waals surface area contributed by atoms with Gasteiger partial charge in [-0.15, -0.1) is 11.8 Å². The summed E-state index contributed by atoms with van der Waals surface area (Å²) in [5.74, 6) is 0.504. The molecule has 2 aliphatic rings. The topological polar surface area (TPSA) is 40.6 Å². The molecule has 4 nitrogen and oxygen atoms in total. The molecule has 3 amide bonds. The van der Waals surface area contributed by atoms with Gasteiger partial charge in [-0.05, 0) is 36.8 Å². The molecular weight excluding hydrogens is 388 g/mol. The second kappa shape index (κ2) is 5.93. The molecule has 0 saturated carbocycles. The lowest BCUT2D eigenvalue weighted by molar-refractivity contribution is -0.119. The van der Waals surface area contributed by atoms with Crippen molar-refractivity contribution in [2.45, 2.75) is 18.3 Å². The molecule has 2 aliphatic heterocycles. The van der Waals surface area contributed by atoms with Crippen molar-refractivity contribution in [1.82, 2.24) is 4.90 Å². The third-order valence-electron chi connectivity index (χ3n) is 4.37. The molecule has 2 fully saturated rings. The Morgan fingerprint density at radius 3 is 2.38 bits per heavy atom. The summed E-state index contributed by atoms with van der Waals surface area (Å²) in [4.78, 5) is 28.7. The van der Waals surface area contributed by atoms with Gasteiger partial charge >= 0.3 is 6.03 Å². The van der Waals surface area contributed by atoms with Gasteiger partial charge < -0.3 is 0 Å². The summed E-state index contributed by atoms with van der Waals surface area (Å²) >= 11 is 5.07. The summed E-state index contributed by atoms with van der Waals surface area (Å²) in [6.45, 7) is 1.98. The second-order valence-corrected chi connectivity index (χ2v) is 7.98. The van der Waals surface area contributed by atoms with Gasteiger partial charge in [-0.25, -0.2) is 9.69 Å². The van der Waals surface area contributed by atoms with Crippen LogP contribution in [0.5, 0.6) is 0 Å². The number of hydrogen-bond acceptors (Lipinski definition) is 3. The van der Waals surface area contributed by atoms with Crippen molar-refractivity contribution in [3.8, 4) is 0 Å². The second-order valence-electron chi connectivity index (χ2n) is 5.95. The molecule has 2 atom stereocenters. The van der Waals surface area contributed by atoms with Crippen LogP contribution in [-0.2, 0) is 4.79 Å². The molecule has 2 saturated heterocycles. The highest BCUT2D eigenvalue weighted by Crippen LogP contribution is 2.46. The Labute approximate surface area is 152 Å². The molecule has 0 bridgehead atoms. The van der Waals surface area contributed by atoms with E-state index in [-0.39, 0.29) is 23.4 Å². The highest BCUT2D eigenvalue weighted by Gasteiger charge is 2.53. The quantitative estimate of drug-likeness (QED) is 0.701. The first-order valence-corrected chi connectivity index (χ1v) is 9.50. The maximum Gasteiger partial charge on any atom is 0.333 e. The van der Waals surface area contributed by atoms with Crippen molar-refractivity contribution in [1.29, 1.82) is 0 Å². The molecule has 2 aromatic carbocycles. The number of benzene rings is 2. The first kappa shape index (κ1) is 15.7. The standard InChI is InChI=1S/C18H15BrN2O2S/c1-11-2-8-14(9-3-11)20-16(22)15-10-24-17(21(15)18(20)23)12-4-6-13(19)7-5-12/h2-9,15,17H,10H2,1H3. The minimum Gasteiger partial charge on any atom is -0.295 e. The summed E-state index contributed by atoms with van der Waals surface area (Å²) in [6.07, 6.45) is 0. The first-order valence-electron chi connectivity index (χ1n) is 7.66. The van der Waals surface area contributed by atoms with Crippen LogP contribution in [0, 0.1) is 6.92 Å². The van der Waals surface area contributed by atoms with Crippen LogP contribution in [0.15, 0.2) is 53.0 Å². The van der Waals surface area contributed by atoms with Gasteiger partial charge in [0.1, 0.15) is 11.4 Å². The molecule has 0 radical (unpaired) electrons. The van der Waals surface area contributed by atoms with E-state index in [1.165, 1.54) is 4.90 Å². The molecule has 4 rings (SSSR count). The van der Waals surface area contributed by atoms with E-state index >= 15 is 0 Å². The minimum atomic E-state index is -0.377. The summed E-state index contributed by atoms with van der Waals surface area (Å²) in [7, 11) is 0. The smallest absolute Gasteiger partial charge is 0.295 e. The van der Waals surface area contributed by atoms with E-state index in [9.17, 15) is 9.59 Å². The summed E-state index contributed by atoms with van der Waals surface area (Å²) in [5, 5.41) is -0.116. The zero-order valence-electron chi connectivity index (χ0n) is 13.0. The number of fused-ring (bicyclic) bond motifs is 1. The average Bonchev–Trinajstić information content (AvgIpc) is 3.11. The monoisotopic (exact) mass is 402 g/mol. The van der Waals surface area contributed by atoms with E-state index < -0.39 is 0 Å². The Hall–Kier alpha value is -1.79. The van der Waals surface area contributed by atoms with Crippen molar-refractivity contribution in [3.05, 3.63) is 64.1 Å². The van der Waals surface area contributed by atoms with Crippen LogP contribution in [0.25, 0.3) is 0 Å². The number of anilines is 1. The van der Waals surface area contributed by atoms with Gasteiger partial charge in [-0.1, -0.05) is 45.8 Å². The van der Waals surface area contributed by atoms with E-state index in [0.717, 1.165) is 15.6 Å². The number of rotatable bonds is 2. The number of halogens is 1. The van der Waals surface area contributed by atoms with Gasteiger partial charge in [0, 0.05) is 10.2 Å². The molecule has 2 heterocycles. The molecule has 2 unspecified atom stereocenters. The van der Waals surface area contributed by atoms with Crippen LogP contribution in [0.1, 0.15) is 16.5 Å². The van der Waals surface area contributed by atoms with Gasteiger partial charge in [-0.2, -0.15) is 0 Å². The van der Waals surface area contributed by atoms with E-state index in [1.54, 1.807) is 16.7 Å². The van der Waals surface area contributed by atoms with Crippen LogP contribution >= 0.6 is 27.7 Å². The molecule has 0 aromatic heterocycles. The number of carbonyl (C=O) groups is 2. The van der Waals surface area contributed by atoms with E-state index in [4.69, 9.17) is 0 Å². The number of hydrogen-bond donors (Lipinski definition) is 0. The summed E-state index contributed by atoms with van der Waals surface area (Å²) in [6, 6.07) is 14.8. The number of carbonyl (C=O) groups excluding carboxylic acids is 2. The van der Waals surface area contributed by atoms with E-state index in [1.807, 2.05) is 55.5 Å². The number of thioether (sulfide) groups is 1. The number of aryl methyl sites for hydroxylation is 1. The summed E-state index contributed by atoms with van der Waals surface area (Å²) < 4.78 is 0.996. The van der Waals surface area contributed by atoms with Crippen LogP contribution in [0.2, 0.25) is 0 Å². The maximum atomic E-state index is 12.9. The third kappa shape index (κ3) is 2.45. The van der Waals surface area contributed by atoms with Crippen LogP contribution in [-0.4, -0.2) is 28.6 Å². The van der Waals surface area contributed by atoms with Crippen molar-refractivity contribution in [2.75, 3.05) is 10.7 Å². The highest BCUT2D eigenvalue weighted by atomic mass is 79.9. The zero-order chi connectivity index (χ0) is 16.8. The van der Waals surface area contributed by atoms with Crippen molar-refractivity contribution >= 4 is 45.3 Å². The van der Waals surface area contributed by atoms with Gasteiger partial charge in [0.25, 0.3) is 5.91 Å². The van der Waals surface area contributed by atoms with Crippen LogP contribution < -0.4 is 4.90 Å². The molecule has 24 heavy (non-hydrogen) atoms. The molecule has 6 heteroatoms. The molecule has 0 N–H and O–H groups in total. The normalized spacial score (nSPS) is 23.1. The van der Waals surface area contributed by atoms with Crippen molar-refractivity contribution in [3.63, 3.8) is 0 Å². The molecule has 0 spiro atoms. The lowest BCUT2D eigenvalue weighted by Crippen LogP contribution is -2.33. The lowest BCUT2D eigenvalue weighted by Gasteiger charge is -2.23. The predicted octanol–water partition coefficient (Wildman–Crippen LogP) is 4.34. The summed E-state index contributed by atoms with van der Waals surface area (Å²) in [5.41, 5.74) is 2.78. The third-order valence-corrected chi connectivity index (χ3v) is 6.22. The van der Waals surface area contributed by atoms with Gasteiger partial charge in [0.15, 0.2) is 0 Å². The highest BCUT2D eigenvalue weighted by molar-refractivity contribution is 9.10. The maximum absolute atomic E-state index is 12.9.